The Morgan fingerprint density at radius 1 is 0.966 bits per heavy atom. The lowest BCUT2D eigenvalue weighted by Crippen LogP contribution is -1.90. The van der Waals surface area contributed by atoms with Gasteiger partial charge in [-0.1, -0.05) is 23.8 Å². The van der Waals surface area contributed by atoms with Gasteiger partial charge in [-0.25, -0.2) is 13.2 Å². The molecule has 2 aromatic carbocycles. The fourth-order valence-electron chi connectivity index (χ4n) is 3.53. The number of nitrogens with zero attached hydrogens (tertiary/aromatic N) is 1. The Kier molecular flexibility index (Phi) is 5.76. The highest BCUT2D eigenvalue weighted by Crippen LogP contribution is 2.35. The van der Waals surface area contributed by atoms with Crippen LogP contribution in [-0.4, -0.2) is 5.16 Å². The first-order valence-electron chi connectivity index (χ1n) is 9.19. The second-order valence-corrected chi connectivity index (χ2v) is 8.23. The molecule has 0 unspecified atom stereocenters. The molecule has 1 aromatic heterocycles. The van der Waals surface area contributed by atoms with Gasteiger partial charge in [0.25, 0.3) is 0 Å². The quantitative estimate of drug-likeness (QED) is 0.229. The maximum atomic E-state index is 14.8. The molecule has 6 heteroatoms. The first-order chi connectivity index (χ1) is 14.0. The molecule has 0 N–H and O–H groups in total. The Balaban J connectivity index is 1.62. The van der Waals surface area contributed by atoms with Crippen molar-refractivity contribution in [2.45, 2.75) is 25.7 Å². The summed E-state index contributed by atoms with van der Waals surface area (Å²) in [4.78, 5) is 5.59. The Morgan fingerprint density at radius 2 is 1.72 bits per heavy atom. The number of thiophene rings is 1. The van der Waals surface area contributed by atoms with Crippen LogP contribution in [0.3, 0.4) is 0 Å². The average Bonchev–Trinajstić information content (AvgIpc) is 3.37. The smallest absolute Gasteiger partial charge is 0.153 e. The lowest BCUT2D eigenvalue weighted by atomic mass is 10.0. The van der Waals surface area contributed by atoms with E-state index in [4.69, 9.17) is 0 Å². The van der Waals surface area contributed by atoms with Gasteiger partial charge in [-0.2, -0.15) is 4.99 Å². The molecule has 1 aliphatic rings. The summed E-state index contributed by atoms with van der Waals surface area (Å²) < 4.78 is 42.9. The van der Waals surface area contributed by atoms with E-state index >= 15 is 0 Å². The Labute approximate surface area is 176 Å². The first kappa shape index (κ1) is 19.8. The number of halogens is 3. The highest BCUT2D eigenvalue weighted by molar-refractivity contribution is 7.78. The summed E-state index contributed by atoms with van der Waals surface area (Å²) in [6.07, 6.45) is 6.77. The number of thiocarbonyl (C=S) groups is 1. The molecule has 0 atom stereocenters. The average molecular weight is 428 g/mol. The van der Waals surface area contributed by atoms with E-state index in [0.717, 1.165) is 41.8 Å². The van der Waals surface area contributed by atoms with Gasteiger partial charge in [0.1, 0.15) is 11.5 Å². The van der Waals surface area contributed by atoms with Gasteiger partial charge in [-0.15, -0.1) is 11.3 Å². The lowest BCUT2D eigenvalue weighted by Gasteiger charge is -2.08. The zero-order valence-corrected chi connectivity index (χ0v) is 17.0. The number of hydrogen-bond donors (Lipinski definition) is 0. The minimum Gasteiger partial charge on any atom is -0.206 e. The van der Waals surface area contributed by atoms with E-state index in [1.807, 2.05) is 11.2 Å². The molecule has 0 bridgehead atoms. The minimum absolute atomic E-state index is 0.104. The van der Waals surface area contributed by atoms with Crippen molar-refractivity contribution >= 4 is 34.4 Å². The van der Waals surface area contributed by atoms with Crippen LogP contribution in [0.4, 0.5) is 18.9 Å². The minimum atomic E-state index is -0.912. The Morgan fingerprint density at radius 3 is 2.38 bits per heavy atom. The van der Waals surface area contributed by atoms with Crippen molar-refractivity contribution in [3.05, 3.63) is 76.4 Å². The molecule has 29 heavy (non-hydrogen) atoms. The van der Waals surface area contributed by atoms with E-state index in [9.17, 15) is 13.2 Å². The number of allylic oxidation sites excluding steroid dienone is 2. The lowest BCUT2D eigenvalue weighted by molar-refractivity contribution is 0.588. The van der Waals surface area contributed by atoms with E-state index in [0.29, 0.717) is 0 Å². The Bertz CT molecular complexity index is 1130. The highest BCUT2D eigenvalue weighted by atomic mass is 32.1. The number of isothiocyanates is 1. The molecule has 1 heterocycles. The Hall–Kier alpha value is -2.53. The third kappa shape index (κ3) is 4.25. The van der Waals surface area contributed by atoms with Gasteiger partial charge in [0, 0.05) is 21.7 Å². The fraction of sp³-hybridized carbons (Fsp3) is 0.174. The van der Waals surface area contributed by atoms with Crippen LogP contribution in [0, 0.1) is 17.5 Å². The van der Waals surface area contributed by atoms with Crippen molar-refractivity contribution in [1.29, 1.82) is 0 Å². The summed E-state index contributed by atoms with van der Waals surface area (Å²) >= 11 is 6.03. The van der Waals surface area contributed by atoms with Crippen molar-refractivity contribution < 1.29 is 13.2 Å². The predicted molar refractivity (Wildman–Crippen MR) is 115 cm³/mol. The van der Waals surface area contributed by atoms with Crippen molar-refractivity contribution in [1.82, 2.24) is 0 Å². The summed E-state index contributed by atoms with van der Waals surface area (Å²) in [6.45, 7) is 0. The van der Waals surface area contributed by atoms with Crippen LogP contribution in [0.15, 0.2) is 59.1 Å². The van der Waals surface area contributed by atoms with Crippen molar-refractivity contribution in [2.24, 2.45) is 4.99 Å². The number of hydrogen-bond acceptors (Lipinski definition) is 3. The molecule has 0 amide bonds. The molecular weight excluding hydrogens is 411 g/mol. The van der Waals surface area contributed by atoms with Crippen LogP contribution < -0.4 is 0 Å². The number of benzene rings is 2. The number of rotatable bonds is 5. The van der Waals surface area contributed by atoms with Crippen molar-refractivity contribution in [2.75, 3.05) is 0 Å². The van der Waals surface area contributed by atoms with Crippen LogP contribution in [0.2, 0.25) is 0 Å². The molecular formula is C23H16F3NS2. The second-order valence-electron chi connectivity index (χ2n) is 6.88. The van der Waals surface area contributed by atoms with Crippen LogP contribution in [-0.2, 0) is 6.42 Å². The highest BCUT2D eigenvalue weighted by Gasteiger charge is 2.15. The molecule has 4 rings (SSSR count). The number of aliphatic imine (C=N–C) groups is 1. The van der Waals surface area contributed by atoms with Crippen LogP contribution in [0.25, 0.3) is 21.6 Å². The van der Waals surface area contributed by atoms with E-state index in [1.54, 1.807) is 23.5 Å². The van der Waals surface area contributed by atoms with Crippen molar-refractivity contribution in [3.8, 4) is 21.6 Å². The fourth-order valence-corrected chi connectivity index (χ4v) is 4.67. The SMILES string of the molecule is Fc1cc(-c2ccc(CC3=CCCC3)s2)ccc1-c1cc(F)c(N=C=S)c(F)c1. The van der Waals surface area contributed by atoms with E-state index in [1.165, 1.54) is 22.9 Å². The standard InChI is InChI=1S/C23H16F3NS2/c24-19-10-15(22-8-6-17(29-22)9-14-3-1-2-4-14)5-7-18(19)16-11-20(25)23(27-13-28)21(26)12-16/h3,5-8,10-12H,1-2,4,9H2. The maximum Gasteiger partial charge on any atom is 0.153 e. The van der Waals surface area contributed by atoms with Crippen LogP contribution in [0.5, 0.6) is 0 Å². The molecule has 1 aliphatic carbocycles. The first-order valence-corrected chi connectivity index (χ1v) is 10.4. The molecule has 0 radical (unpaired) electrons. The van der Waals surface area contributed by atoms with Gasteiger partial charge in [-0.05, 0) is 72.9 Å². The third-order valence-corrected chi connectivity index (χ3v) is 6.16. The van der Waals surface area contributed by atoms with Gasteiger partial charge in [0.15, 0.2) is 11.6 Å². The van der Waals surface area contributed by atoms with Gasteiger partial charge < -0.3 is 0 Å². The third-order valence-electron chi connectivity index (χ3n) is 4.94. The summed E-state index contributed by atoms with van der Waals surface area (Å²) in [5.74, 6) is -2.37. The van der Waals surface area contributed by atoms with E-state index in [-0.39, 0.29) is 11.1 Å². The zero-order valence-electron chi connectivity index (χ0n) is 15.3. The van der Waals surface area contributed by atoms with Crippen molar-refractivity contribution in [3.63, 3.8) is 0 Å². The molecule has 0 spiro atoms. The summed E-state index contributed by atoms with van der Waals surface area (Å²) in [7, 11) is 0. The molecule has 0 saturated carbocycles. The monoisotopic (exact) mass is 427 g/mol. The maximum absolute atomic E-state index is 14.8. The van der Waals surface area contributed by atoms with Crippen LogP contribution >= 0.6 is 23.6 Å². The molecule has 146 valence electrons. The topological polar surface area (TPSA) is 12.4 Å². The predicted octanol–water partition coefficient (Wildman–Crippen LogP) is 7.89. The second kappa shape index (κ2) is 8.46. The normalized spacial score (nSPS) is 13.3. The van der Waals surface area contributed by atoms with E-state index in [2.05, 4.69) is 29.4 Å². The molecule has 0 saturated heterocycles. The van der Waals surface area contributed by atoms with Gasteiger partial charge >= 0.3 is 0 Å². The van der Waals surface area contributed by atoms with Gasteiger partial charge in [0.05, 0.1) is 5.16 Å². The molecule has 1 nitrogen and oxygen atoms in total. The summed E-state index contributed by atoms with van der Waals surface area (Å²) in [5, 5.41) is 1.94. The largest absolute Gasteiger partial charge is 0.206 e. The molecule has 3 aromatic rings. The van der Waals surface area contributed by atoms with Gasteiger partial charge in [-0.3, -0.25) is 0 Å². The zero-order chi connectivity index (χ0) is 20.4. The van der Waals surface area contributed by atoms with E-state index < -0.39 is 23.1 Å². The molecule has 0 fully saturated rings. The summed E-state index contributed by atoms with van der Waals surface area (Å²) in [5.41, 5.74) is 1.91. The van der Waals surface area contributed by atoms with Crippen LogP contribution in [0.1, 0.15) is 24.1 Å². The van der Waals surface area contributed by atoms with Gasteiger partial charge in [0.2, 0.25) is 0 Å². The summed E-state index contributed by atoms with van der Waals surface area (Å²) in [6, 6.07) is 10.9. The molecule has 0 aliphatic heterocycles.